The van der Waals surface area contributed by atoms with E-state index in [4.69, 9.17) is 9.47 Å². The Balaban J connectivity index is 2.31. The molecule has 3 nitrogen and oxygen atoms in total. The predicted molar refractivity (Wildman–Crippen MR) is 232 cm³/mol. The molecule has 1 aromatic rings. The molecular formula is C49H93NO2. The van der Waals surface area contributed by atoms with Gasteiger partial charge in [-0.3, -0.25) is 0 Å². The lowest BCUT2D eigenvalue weighted by Gasteiger charge is -2.18. The van der Waals surface area contributed by atoms with Crippen molar-refractivity contribution in [3.8, 4) is 11.5 Å². The summed E-state index contributed by atoms with van der Waals surface area (Å²) >= 11 is 0. The highest BCUT2D eigenvalue weighted by Crippen LogP contribution is 2.28. The Bertz CT molecular complexity index is 943. The zero-order chi connectivity index (χ0) is 38.6. The molecule has 0 fully saturated rings. The maximum Gasteiger partial charge on any atom is 0.127 e. The fraction of sp³-hybridized carbons (Fsp3) is 0.878. The largest absolute Gasteiger partial charge is 0.493 e. The van der Waals surface area contributed by atoms with Gasteiger partial charge < -0.3 is 14.8 Å². The maximum atomic E-state index is 6.44. The molecule has 0 aromatic heterocycles. The van der Waals surface area contributed by atoms with Crippen LogP contribution in [0.15, 0.2) is 18.2 Å². The van der Waals surface area contributed by atoms with Crippen LogP contribution in [0.2, 0.25) is 0 Å². The first-order chi connectivity index (χ1) is 24.9. The molecule has 0 heterocycles. The Morgan fingerprint density at radius 3 is 1.15 bits per heavy atom. The molecule has 0 aliphatic rings. The van der Waals surface area contributed by atoms with Crippen LogP contribution in [-0.4, -0.2) is 19.8 Å². The molecule has 0 spiro atoms. The van der Waals surface area contributed by atoms with Crippen molar-refractivity contribution in [1.82, 2.24) is 5.32 Å². The first-order valence-electron chi connectivity index (χ1n) is 23.0. The van der Waals surface area contributed by atoms with Crippen LogP contribution in [0.3, 0.4) is 0 Å². The van der Waals surface area contributed by atoms with E-state index in [0.717, 1.165) is 86.2 Å². The zero-order valence-electron chi connectivity index (χ0n) is 37.1. The second-order valence-corrected chi connectivity index (χ2v) is 18.8. The van der Waals surface area contributed by atoms with E-state index >= 15 is 0 Å². The summed E-state index contributed by atoms with van der Waals surface area (Å²) in [6.07, 6.45) is 27.1. The van der Waals surface area contributed by atoms with Crippen LogP contribution in [0.5, 0.6) is 11.5 Å². The van der Waals surface area contributed by atoms with E-state index in [1.807, 2.05) is 0 Å². The number of ether oxygens (including phenoxy) is 2. The highest BCUT2D eigenvalue weighted by molar-refractivity contribution is 5.40. The van der Waals surface area contributed by atoms with E-state index in [1.165, 1.54) is 121 Å². The van der Waals surface area contributed by atoms with Gasteiger partial charge in [0.15, 0.2) is 0 Å². The quantitative estimate of drug-likeness (QED) is 0.0755. The second-order valence-electron chi connectivity index (χ2n) is 18.8. The minimum absolute atomic E-state index is 0.697. The van der Waals surface area contributed by atoms with E-state index in [1.54, 1.807) is 0 Å². The maximum absolute atomic E-state index is 6.44. The van der Waals surface area contributed by atoms with Gasteiger partial charge in [0.1, 0.15) is 11.5 Å². The Morgan fingerprint density at radius 2 is 0.788 bits per heavy atom. The summed E-state index contributed by atoms with van der Waals surface area (Å²) in [6.45, 7) is 29.6. The number of hydrogen-bond donors (Lipinski definition) is 1. The van der Waals surface area contributed by atoms with Crippen molar-refractivity contribution in [2.45, 2.75) is 211 Å². The molecule has 52 heavy (non-hydrogen) atoms. The average Bonchev–Trinajstić information content (AvgIpc) is 3.07. The summed E-state index contributed by atoms with van der Waals surface area (Å²) in [5, 5.41) is 3.49. The Hall–Kier alpha value is -1.22. The fourth-order valence-corrected chi connectivity index (χ4v) is 7.79. The lowest BCUT2D eigenvalue weighted by atomic mass is 9.91. The van der Waals surface area contributed by atoms with Gasteiger partial charge in [-0.05, 0) is 72.8 Å². The zero-order valence-corrected chi connectivity index (χ0v) is 37.1. The second kappa shape index (κ2) is 31.0. The van der Waals surface area contributed by atoms with E-state index in [2.05, 4.69) is 99.7 Å². The molecule has 0 radical (unpaired) electrons. The number of rotatable bonds is 35. The molecule has 6 atom stereocenters. The first kappa shape index (κ1) is 48.8. The van der Waals surface area contributed by atoms with Crippen LogP contribution in [0.1, 0.15) is 210 Å². The van der Waals surface area contributed by atoms with Gasteiger partial charge in [0.05, 0.1) is 13.2 Å². The monoisotopic (exact) mass is 728 g/mol. The molecule has 0 saturated heterocycles. The molecule has 1 aromatic carbocycles. The molecule has 6 unspecified atom stereocenters. The van der Waals surface area contributed by atoms with Crippen molar-refractivity contribution < 1.29 is 9.47 Å². The van der Waals surface area contributed by atoms with Crippen molar-refractivity contribution >= 4 is 0 Å². The summed E-state index contributed by atoms with van der Waals surface area (Å²) in [4.78, 5) is 0. The highest BCUT2D eigenvalue weighted by Gasteiger charge is 2.12. The molecule has 306 valence electrons. The van der Waals surface area contributed by atoms with Crippen molar-refractivity contribution in [2.24, 2.45) is 47.3 Å². The summed E-state index contributed by atoms with van der Waals surface area (Å²) < 4.78 is 12.7. The van der Waals surface area contributed by atoms with Crippen LogP contribution >= 0.6 is 0 Å². The SMILES string of the molecule is CCNCc1ccc(OCCC(C)CCCC(C)CCCC(C)CCCC(C)C)cc1OCCC(C)CCCC(C)CCCC(C)CCCC(C)C. The Kier molecular flexibility index (Phi) is 29.1. The van der Waals surface area contributed by atoms with E-state index in [0.29, 0.717) is 11.8 Å². The molecule has 0 saturated carbocycles. The third kappa shape index (κ3) is 27.4. The van der Waals surface area contributed by atoms with Gasteiger partial charge in [-0.25, -0.2) is 0 Å². The number of benzene rings is 1. The van der Waals surface area contributed by atoms with Gasteiger partial charge in [-0.2, -0.15) is 0 Å². The van der Waals surface area contributed by atoms with Crippen molar-refractivity contribution in [1.29, 1.82) is 0 Å². The molecule has 0 aliphatic carbocycles. The van der Waals surface area contributed by atoms with Crippen molar-refractivity contribution in [3.05, 3.63) is 23.8 Å². The third-order valence-corrected chi connectivity index (χ3v) is 11.9. The standard InChI is InChI=1S/C49H93NO2/c1-12-50-38-47-31-32-48(51-35-33-45(10)29-17-27-43(8)25-15-23-41(6)21-13-19-39(2)3)37-49(47)52-36-34-46(11)30-18-28-44(9)26-16-24-42(7)22-14-20-40(4)5/h31-32,37,39-46,50H,12-30,33-36,38H2,1-11H3. The third-order valence-electron chi connectivity index (χ3n) is 11.9. The molecule has 0 aliphatic heterocycles. The van der Waals surface area contributed by atoms with E-state index in [-0.39, 0.29) is 0 Å². The van der Waals surface area contributed by atoms with Crippen LogP contribution < -0.4 is 14.8 Å². The van der Waals surface area contributed by atoms with Crippen LogP contribution in [0.4, 0.5) is 0 Å². The van der Waals surface area contributed by atoms with E-state index < -0.39 is 0 Å². The van der Waals surface area contributed by atoms with Gasteiger partial charge in [-0.15, -0.1) is 0 Å². The van der Waals surface area contributed by atoms with Crippen LogP contribution in [-0.2, 0) is 6.54 Å². The van der Waals surface area contributed by atoms with Gasteiger partial charge in [-0.1, -0.05) is 198 Å². The highest BCUT2D eigenvalue weighted by atomic mass is 16.5. The average molecular weight is 728 g/mol. The smallest absolute Gasteiger partial charge is 0.127 e. The molecule has 0 bridgehead atoms. The van der Waals surface area contributed by atoms with Gasteiger partial charge in [0, 0.05) is 18.2 Å². The minimum atomic E-state index is 0.697. The molecule has 0 amide bonds. The van der Waals surface area contributed by atoms with Crippen LogP contribution in [0.25, 0.3) is 0 Å². The fourth-order valence-electron chi connectivity index (χ4n) is 7.79. The minimum Gasteiger partial charge on any atom is -0.493 e. The number of hydrogen-bond acceptors (Lipinski definition) is 3. The van der Waals surface area contributed by atoms with Gasteiger partial charge in [0.25, 0.3) is 0 Å². The first-order valence-corrected chi connectivity index (χ1v) is 23.0. The van der Waals surface area contributed by atoms with Gasteiger partial charge >= 0.3 is 0 Å². The Morgan fingerprint density at radius 1 is 0.442 bits per heavy atom. The summed E-state index contributed by atoms with van der Waals surface area (Å²) in [5.41, 5.74) is 1.23. The van der Waals surface area contributed by atoms with Crippen molar-refractivity contribution in [3.63, 3.8) is 0 Å². The lowest BCUT2D eigenvalue weighted by Crippen LogP contribution is -2.14. The summed E-state index contributed by atoms with van der Waals surface area (Å²) in [6, 6.07) is 6.47. The molecular weight excluding hydrogens is 635 g/mol. The van der Waals surface area contributed by atoms with Gasteiger partial charge in [0.2, 0.25) is 0 Å². The normalized spacial score (nSPS) is 15.5. The Labute approximate surface area is 327 Å². The summed E-state index contributed by atoms with van der Waals surface area (Å²) in [5.74, 6) is 8.54. The van der Waals surface area contributed by atoms with Crippen LogP contribution in [0, 0.1) is 47.3 Å². The predicted octanol–water partition coefficient (Wildman–Crippen LogP) is 15.5. The molecule has 1 N–H and O–H groups in total. The summed E-state index contributed by atoms with van der Waals surface area (Å²) in [7, 11) is 0. The van der Waals surface area contributed by atoms with E-state index in [9.17, 15) is 0 Å². The van der Waals surface area contributed by atoms with Crippen molar-refractivity contribution in [2.75, 3.05) is 19.8 Å². The topological polar surface area (TPSA) is 30.5 Å². The number of nitrogens with one attached hydrogen (secondary N) is 1. The molecule has 3 heteroatoms. The molecule has 1 rings (SSSR count). The lowest BCUT2D eigenvalue weighted by molar-refractivity contribution is 0.261.